The molecule has 1 heterocycles. The Morgan fingerprint density at radius 2 is 2.12 bits per heavy atom. The van der Waals surface area contributed by atoms with Crippen molar-refractivity contribution >= 4 is 17.5 Å². The van der Waals surface area contributed by atoms with Gasteiger partial charge in [0, 0.05) is 12.1 Å². The predicted octanol–water partition coefficient (Wildman–Crippen LogP) is 0.545. The summed E-state index contributed by atoms with van der Waals surface area (Å²) in [6.45, 7) is 5.93. The molecule has 0 atom stereocenters. The van der Waals surface area contributed by atoms with Crippen molar-refractivity contribution in [3.8, 4) is 0 Å². The first-order chi connectivity index (χ1) is 7.88. The number of nitrogens with two attached hydrogens (primary N) is 2. The van der Waals surface area contributed by atoms with Gasteiger partial charge in [-0.1, -0.05) is 6.92 Å². The van der Waals surface area contributed by atoms with Crippen molar-refractivity contribution in [3.63, 3.8) is 0 Å². The summed E-state index contributed by atoms with van der Waals surface area (Å²) in [4.78, 5) is 19.2. The zero-order valence-electron chi connectivity index (χ0n) is 10.4. The largest absolute Gasteiger partial charge is 0.383 e. The third-order valence-electron chi connectivity index (χ3n) is 2.70. The van der Waals surface area contributed by atoms with E-state index in [0.717, 1.165) is 12.0 Å². The molecule has 0 aliphatic heterocycles. The number of nitrogens with zero attached hydrogens (tertiary/aromatic N) is 2. The summed E-state index contributed by atoms with van der Waals surface area (Å²) in [5, 5.41) is 3.09. The van der Waals surface area contributed by atoms with Crippen LogP contribution in [-0.4, -0.2) is 22.4 Å². The van der Waals surface area contributed by atoms with Gasteiger partial charge >= 0.3 is 0 Å². The summed E-state index contributed by atoms with van der Waals surface area (Å²) in [5.74, 6) is 0.765. The molecule has 1 amide bonds. The molecule has 0 saturated carbocycles. The molecule has 1 aromatic heterocycles. The second-order valence-electron chi connectivity index (χ2n) is 4.54. The summed E-state index contributed by atoms with van der Waals surface area (Å²) in [7, 11) is 0. The Balaban J connectivity index is 2.83. The third kappa shape index (κ3) is 3.05. The molecular weight excluding hydrogens is 218 g/mol. The third-order valence-corrected chi connectivity index (χ3v) is 2.70. The number of amides is 1. The van der Waals surface area contributed by atoms with Gasteiger partial charge in [0.2, 0.25) is 5.91 Å². The standard InChI is InChI=1S/C11H19N5O/c1-4-7-8(12)15-6-16-9(7)14-5-11(2,3)10(13)17/h6H,4-5H2,1-3H3,(H2,13,17)(H3,12,14,15,16). The minimum atomic E-state index is -0.634. The molecule has 6 nitrogen and oxygen atoms in total. The SMILES string of the molecule is CCc1c(N)ncnc1NCC(C)(C)C(N)=O. The summed E-state index contributed by atoms with van der Waals surface area (Å²) in [6, 6.07) is 0. The molecule has 6 heteroatoms. The molecule has 0 saturated heterocycles. The highest BCUT2D eigenvalue weighted by atomic mass is 16.1. The number of nitrogen functional groups attached to an aromatic ring is 1. The van der Waals surface area contributed by atoms with Gasteiger partial charge in [0.15, 0.2) is 0 Å². The Bertz CT molecular complexity index is 416. The Labute approximate surface area is 101 Å². The van der Waals surface area contributed by atoms with Gasteiger partial charge in [0.1, 0.15) is 18.0 Å². The molecule has 0 unspecified atom stereocenters. The van der Waals surface area contributed by atoms with Gasteiger partial charge in [-0.05, 0) is 20.3 Å². The predicted molar refractivity (Wildman–Crippen MR) is 67.3 cm³/mol. The highest BCUT2D eigenvalue weighted by Crippen LogP contribution is 2.20. The molecule has 0 aliphatic rings. The molecule has 0 aliphatic carbocycles. The van der Waals surface area contributed by atoms with Gasteiger partial charge in [-0.25, -0.2) is 9.97 Å². The van der Waals surface area contributed by atoms with Gasteiger partial charge in [0.25, 0.3) is 0 Å². The first kappa shape index (κ1) is 13.2. The van der Waals surface area contributed by atoms with Crippen LogP contribution in [0.2, 0.25) is 0 Å². The number of hydrogen-bond acceptors (Lipinski definition) is 5. The Kier molecular flexibility index (Phi) is 3.88. The number of aromatic nitrogens is 2. The van der Waals surface area contributed by atoms with Crippen LogP contribution < -0.4 is 16.8 Å². The fourth-order valence-electron chi connectivity index (χ4n) is 1.32. The fourth-order valence-corrected chi connectivity index (χ4v) is 1.32. The van der Waals surface area contributed by atoms with Gasteiger partial charge < -0.3 is 16.8 Å². The van der Waals surface area contributed by atoms with Crippen LogP contribution >= 0.6 is 0 Å². The van der Waals surface area contributed by atoms with Crippen molar-refractivity contribution in [1.29, 1.82) is 0 Å². The molecule has 1 aromatic rings. The van der Waals surface area contributed by atoms with E-state index in [4.69, 9.17) is 11.5 Å². The lowest BCUT2D eigenvalue weighted by atomic mass is 9.93. The number of carbonyl (C=O) groups is 1. The normalized spacial score (nSPS) is 11.2. The lowest BCUT2D eigenvalue weighted by molar-refractivity contribution is -0.125. The molecule has 0 fully saturated rings. The number of anilines is 2. The molecular formula is C11H19N5O. The molecule has 94 valence electrons. The number of nitrogens with one attached hydrogen (secondary N) is 1. The number of primary amides is 1. The van der Waals surface area contributed by atoms with Crippen LogP contribution in [0.1, 0.15) is 26.3 Å². The number of rotatable bonds is 5. The maximum Gasteiger partial charge on any atom is 0.224 e. The molecule has 0 spiro atoms. The van der Waals surface area contributed by atoms with E-state index in [-0.39, 0.29) is 5.91 Å². The van der Waals surface area contributed by atoms with E-state index in [1.165, 1.54) is 6.33 Å². The van der Waals surface area contributed by atoms with E-state index < -0.39 is 5.41 Å². The van der Waals surface area contributed by atoms with Crippen LogP contribution in [0.4, 0.5) is 11.6 Å². The molecule has 5 N–H and O–H groups in total. The number of carbonyl (C=O) groups excluding carboxylic acids is 1. The van der Waals surface area contributed by atoms with Crippen molar-refractivity contribution in [2.45, 2.75) is 27.2 Å². The first-order valence-electron chi connectivity index (χ1n) is 5.51. The van der Waals surface area contributed by atoms with Crippen LogP contribution in [0.25, 0.3) is 0 Å². The quantitative estimate of drug-likeness (QED) is 0.693. The molecule has 0 bridgehead atoms. The fraction of sp³-hybridized carbons (Fsp3) is 0.545. The van der Waals surface area contributed by atoms with Crippen LogP contribution in [0.3, 0.4) is 0 Å². The van der Waals surface area contributed by atoms with E-state index >= 15 is 0 Å². The summed E-state index contributed by atoms with van der Waals surface area (Å²) in [6.07, 6.45) is 2.13. The van der Waals surface area contributed by atoms with Gasteiger partial charge in [-0.2, -0.15) is 0 Å². The van der Waals surface area contributed by atoms with E-state index in [2.05, 4.69) is 15.3 Å². The highest BCUT2D eigenvalue weighted by molar-refractivity contribution is 5.80. The smallest absolute Gasteiger partial charge is 0.224 e. The molecule has 1 rings (SSSR count). The van der Waals surface area contributed by atoms with E-state index in [1.807, 2.05) is 6.92 Å². The number of hydrogen-bond donors (Lipinski definition) is 3. The van der Waals surface area contributed by atoms with Crippen molar-refractivity contribution in [1.82, 2.24) is 9.97 Å². The van der Waals surface area contributed by atoms with Gasteiger partial charge in [-0.3, -0.25) is 4.79 Å². The summed E-state index contributed by atoms with van der Waals surface area (Å²) < 4.78 is 0. The van der Waals surface area contributed by atoms with Crippen LogP contribution in [-0.2, 0) is 11.2 Å². The zero-order chi connectivity index (χ0) is 13.1. The Hall–Kier alpha value is -1.85. The second-order valence-corrected chi connectivity index (χ2v) is 4.54. The van der Waals surface area contributed by atoms with Gasteiger partial charge in [-0.15, -0.1) is 0 Å². The lowest BCUT2D eigenvalue weighted by Gasteiger charge is -2.22. The van der Waals surface area contributed by atoms with E-state index in [1.54, 1.807) is 13.8 Å². The average Bonchev–Trinajstić information content (AvgIpc) is 2.26. The summed E-state index contributed by atoms with van der Waals surface area (Å²) in [5.41, 5.74) is 11.3. The minimum Gasteiger partial charge on any atom is -0.383 e. The molecule has 0 aromatic carbocycles. The van der Waals surface area contributed by atoms with Gasteiger partial charge in [0.05, 0.1) is 5.41 Å². The Morgan fingerprint density at radius 3 is 2.65 bits per heavy atom. The topological polar surface area (TPSA) is 107 Å². The van der Waals surface area contributed by atoms with E-state index in [0.29, 0.717) is 18.2 Å². The molecule has 17 heavy (non-hydrogen) atoms. The van der Waals surface area contributed by atoms with Crippen molar-refractivity contribution in [3.05, 3.63) is 11.9 Å². The maximum atomic E-state index is 11.2. The average molecular weight is 237 g/mol. The van der Waals surface area contributed by atoms with Crippen LogP contribution in [0.15, 0.2) is 6.33 Å². The van der Waals surface area contributed by atoms with Crippen molar-refractivity contribution in [2.24, 2.45) is 11.1 Å². The zero-order valence-corrected chi connectivity index (χ0v) is 10.4. The second kappa shape index (κ2) is 4.99. The Morgan fingerprint density at radius 1 is 1.47 bits per heavy atom. The van der Waals surface area contributed by atoms with E-state index in [9.17, 15) is 4.79 Å². The van der Waals surface area contributed by atoms with Crippen LogP contribution in [0, 0.1) is 5.41 Å². The van der Waals surface area contributed by atoms with Crippen LogP contribution in [0.5, 0.6) is 0 Å². The maximum absolute atomic E-state index is 11.2. The minimum absolute atomic E-state index is 0.356. The lowest BCUT2D eigenvalue weighted by Crippen LogP contribution is -2.37. The first-order valence-corrected chi connectivity index (χ1v) is 5.51. The molecule has 0 radical (unpaired) electrons. The highest BCUT2D eigenvalue weighted by Gasteiger charge is 2.25. The van der Waals surface area contributed by atoms with Crippen molar-refractivity contribution < 1.29 is 4.79 Å². The summed E-state index contributed by atoms with van der Waals surface area (Å²) >= 11 is 0. The monoisotopic (exact) mass is 237 g/mol. The van der Waals surface area contributed by atoms with Crippen molar-refractivity contribution in [2.75, 3.05) is 17.6 Å².